The molecular formula is C15H19NO2. The summed E-state index contributed by atoms with van der Waals surface area (Å²) in [5, 5.41) is 0. The molecule has 0 bridgehead atoms. The van der Waals surface area contributed by atoms with E-state index in [1.807, 2.05) is 29.2 Å². The number of methoxy groups -OCH3 is 1. The van der Waals surface area contributed by atoms with Gasteiger partial charge in [0.15, 0.2) is 0 Å². The van der Waals surface area contributed by atoms with Gasteiger partial charge in [-0.3, -0.25) is 4.79 Å². The molecule has 0 spiro atoms. The fourth-order valence-electron chi connectivity index (χ4n) is 2.53. The first kappa shape index (κ1) is 12.7. The highest BCUT2D eigenvalue weighted by atomic mass is 16.5. The maximum atomic E-state index is 12.1. The van der Waals surface area contributed by atoms with Crippen LogP contribution in [0.15, 0.2) is 36.9 Å². The fraction of sp³-hybridized carbons (Fsp3) is 0.400. The highest BCUT2D eigenvalue weighted by Gasteiger charge is 2.47. The first-order valence-corrected chi connectivity index (χ1v) is 6.19. The summed E-state index contributed by atoms with van der Waals surface area (Å²) in [5.74, 6) is 1.29. The Balaban J connectivity index is 2.26. The van der Waals surface area contributed by atoms with Gasteiger partial charge >= 0.3 is 0 Å². The van der Waals surface area contributed by atoms with Crippen molar-refractivity contribution in [3.05, 3.63) is 36.9 Å². The monoisotopic (exact) mass is 245 g/mol. The SMILES string of the molecule is C=C[C@@H]1C(=O)N(c2ccc(OC)cc2)[C@H]1C(C)C. The number of benzene rings is 1. The molecule has 1 heterocycles. The molecule has 2 atom stereocenters. The van der Waals surface area contributed by atoms with Crippen molar-refractivity contribution in [2.24, 2.45) is 11.8 Å². The van der Waals surface area contributed by atoms with E-state index in [1.54, 1.807) is 13.2 Å². The standard InChI is InChI=1S/C15H19NO2/c1-5-13-14(10(2)3)16(15(13)17)11-6-8-12(18-4)9-7-11/h5-10,13-14H,1H2,2-4H3/t13-,14-/m0/s1. The van der Waals surface area contributed by atoms with E-state index in [1.165, 1.54) is 0 Å². The van der Waals surface area contributed by atoms with Crippen molar-refractivity contribution in [1.29, 1.82) is 0 Å². The Kier molecular flexibility index (Phi) is 3.41. The summed E-state index contributed by atoms with van der Waals surface area (Å²) in [4.78, 5) is 13.9. The second-order valence-electron chi connectivity index (χ2n) is 4.90. The number of nitrogens with zero attached hydrogens (tertiary/aromatic N) is 1. The van der Waals surface area contributed by atoms with Crippen molar-refractivity contribution in [1.82, 2.24) is 0 Å². The van der Waals surface area contributed by atoms with E-state index in [2.05, 4.69) is 20.4 Å². The van der Waals surface area contributed by atoms with E-state index in [0.29, 0.717) is 5.92 Å². The molecule has 1 amide bonds. The lowest BCUT2D eigenvalue weighted by Crippen LogP contribution is -2.62. The van der Waals surface area contributed by atoms with E-state index in [0.717, 1.165) is 11.4 Å². The van der Waals surface area contributed by atoms with Crippen molar-refractivity contribution in [2.45, 2.75) is 19.9 Å². The maximum absolute atomic E-state index is 12.1. The van der Waals surface area contributed by atoms with Gasteiger partial charge in [-0.2, -0.15) is 0 Å². The third kappa shape index (κ3) is 1.90. The molecule has 1 saturated heterocycles. The summed E-state index contributed by atoms with van der Waals surface area (Å²) in [6, 6.07) is 7.81. The van der Waals surface area contributed by atoms with Crippen LogP contribution in [0, 0.1) is 11.8 Å². The minimum absolute atomic E-state index is 0.0490. The van der Waals surface area contributed by atoms with Crippen LogP contribution < -0.4 is 9.64 Å². The van der Waals surface area contributed by atoms with Gasteiger partial charge < -0.3 is 9.64 Å². The van der Waals surface area contributed by atoms with Gasteiger partial charge in [-0.25, -0.2) is 0 Å². The summed E-state index contributed by atoms with van der Waals surface area (Å²) in [7, 11) is 1.63. The first-order valence-electron chi connectivity index (χ1n) is 6.19. The number of hydrogen-bond acceptors (Lipinski definition) is 2. The van der Waals surface area contributed by atoms with Gasteiger partial charge in [0.25, 0.3) is 0 Å². The molecule has 0 aromatic heterocycles. The van der Waals surface area contributed by atoms with Gasteiger partial charge in [-0.1, -0.05) is 19.9 Å². The Morgan fingerprint density at radius 2 is 1.94 bits per heavy atom. The molecular weight excluding hydrogens is 226 g/mol. The molecule has 18 heavy (non-hydrogen) atoms. The quantitative estimate of drug-likeness (QED) is 0.603. The van der Waals surface area contributed by atoms with Crippen molar-refractivity contribution in [3.63, 3.8) is 0 Å². The van der Waals surface area contributed by atoms with E-state index >= 15 is 0 Å². The summed E-state index contributed by atoms with van der Waals surface area (Å²) in [6.45, 7) is 8.01. The van der Waals surface area contributed by atoms with Crippen LogP contribution in [-0.2, 0) is 4.79 Å². The van der Waals surface area contributed by atoms with Gasteiger partial charge in [0.1, 0.15) is 5.75 Å². The molecule has 1 aliphatic rings. The number of carbonyl (C=O) groups is 1. The van der Waals surface area contributed by atoms with Crippen molar-refractivity contribution in [3.8, 4) is 5.75 Å². The minimum atomic E-state index is -0.0490. The lowest BCUT2D eigenvalue weighted by atomic mass is 9.80. The van der Waals surface area contributed by atoms with E-state index in [9.17, 15) is 4.79 Å². The zero-order chi connectivity index (χ0) is 13.3. The number of β-lactam (4-membered cyclic amide) rings is 1. The van der Waals surface area contributed by atoms with Gasteiger partial charge in [0.2, 0.25) is 5.91 Å². The third-order valence-corrected chi connectivity index (χ3v) is 3.48. The zero-order valence-corrected chi connectivity index (χ0v) is 11.1. The number of hydrogen-bond donors (Lipinski definition) is 0. The Bertz CT molecular complexity index is 450. The molecule has 96 valence electrons. The first-order chi connectivity index (χ1) is 8.60. The van der Waals surface area contributed by atoms with Crippen LogP contribution in [0.1, 0.15) is 13.8 Å². The van der Waals surface area contributed by atoms with Crippen LogP contribution in [0.2, 0.25) is 0 Å². The van der Waals surface area contributed by atoms with Crippen molar-refractivity contribution < 1.29 is 9.53 Å². The molecule has 0 radical (unpaired) electrons. The molecule has 1 aromatic rings. The van der Waals surface area contributed by atoms with E-state index < -0.39 is 0 Å². The number of ether oxygens (including phenoxy) is 1. The van der Waals surface area contributed by atoms with E-state index in [-0.39, 0.29) is 17.9 Å². The average Bonchev–Trinajstić information content (AvgIpc) is 2.36. The molecule has 0 saturated carbocycles. The summed E-state index contributed by atoms with van der Waals surface area (Å²) in [5.41, 5.74) is 0.928. The second-order valence-corrected chi connectivity index (χ2v) is 4.90. The number of amides is 1. The molecule has 1 aromatic carbocycles. The van der Waals surface area contributed by atoms with Crippen molar-refractivity contribution >= 4 is 11.6 Å². The van der Waals surface area contributed by atoms with Gasteiger partial charge in [0, 0.05) is 5.69 Å². The molecule has 1 fully saturated rings. The molecule has 1 aliphatic heterocycles. The Morgan fingerprint density at radius 1 is 1.33 bits per heavy atom. The molecule has 3 heteroatoms. The maximum Gasteiger partial charge on any atom is 0.236 e. The van der Waals surface area contributed by atoms with Crippen LogP contribution in [0.5, 0.6) is 5.75 Å². The highest BCUT2D eigenvalue weighted by Crippen LogP contribution is 2.37. The van der Waals surface area contributed by atoms with Gasteiger partial charge in [-0.15, -0.1) is 6.58 Å². The van der Waals surface area contributed by atoms with Crippen molar-refractivity contribution in [2.75, 3.05) is 12.0 Å². The van der Waals surface area contributed by atoms with Gasteiger partial charge in [-0.05, 0) is 30.2 Å². The topological polar surface area (TPSA) is 29.5 Å². The summed E-state index contributed by atoms with van der Waals surface area (Å²) >= 11 is 0. The fourth-order valence-corrected chi connectivity index (χ4v) is 2.53. The van der Waals surface area contributed by atoms with Crippen LogP contribution in [-0.4, -0.2) is 19.1 Å². The molecule has 0 N–H and O–H groups in total. The minimum Gasteiger partial charge on any atom is -0.497 e. The lowest BCUT2D eigenvalue weighted by Gasteiger charge is -2.48. The van der Waals surface area contributed by atoms with Crippen LogP contribution in [0.3, 0.4) is 0 Å². The molecule has 3 nitrogen and oxygen atoms in total. The second kappa shape index (κ2) is 4.84. The average molecular weight is 245 g/mol. The van der Waals surface area contributed by atoms with Crippen LogP contribution in [0.25, 0.3) is 0 Å². The Hall–Kier alpha value is -1.77. The Labute approximate surface area is 108 Å². The van der Waals surface area contributed by atoms with E-state index in [4.69, 9.17) is 4.74 Å². The molecule has 0 aliphatic carbocycles. The molecule has 0 unspecified atom stereocenters. The summed E-state index contributed by atoms with van der Waals surface area (Å²) < 4.78 is 5.12. The number of rotatable bonds is 4. The number of carbonyl (C=O) groups excluding carboxylic acids is 1. The van der Waals surface area contributed by atoms with Crippen LogP contribution >= 0.6 is 0 Å². The van der Waals surface area contributed by atoms with Crippen LogP contribution in [0.4, 0.5) is 5.69 Å². The molecule has 2 rings (SSSR count). The smallest absolute Gasteiger partial charge is 0.236 e. The zero-order valence-electron chi connectivity index (χ0n) is 11.1. The number of anilines is 1. The predicted octanol–water partition coefficient (Wildman–Crippen LogP) is 2.87. The summed E-state index contributed by atoms with van der Waals surface area (Å²) in [6.07, 6.45) is 1.76. The lowest BCUT2D eigenvalue weighted by molar-refractivity contribution is -0.129. The largest absolute Gasteiger partial charge is 0.497 e. The normalized spacial score (nSPS) is 22.9. The third-order valence-electron chi connectivity index (χ3n) is 3.48. The Morgan fingerprint density at radius 3 is 2.39 bits per heavy atom. The predicted molar refractivity (Wildman–Crippen MR) is 72.8 cm³/mol. The van der Waals surface area contributed by atoms with Gasteiger partial charge in [0.05, 0.1) is 19.1 Å². The highest BCUT2D eigenvalue weighted by molar-refractivity contribution is 6.04.